The van der Waals surface area contributed by atoms with Crippen molar-refractivity contribution < 1.29 is 27.4 Å². The molecule has 24 heavy (non-hydrogen) atoms. The van der Waals surface area contributed by atoms with Crippen molar-refractivity contribution in [3.63, 3.8) is 0 Å². The predicted molar refractivity (Wildman–Crippen MR) is 81.1 cm³/mol. The van der Waals surface area contributed by atoms with Crippen LogP contribution < -0.4 is 0 Å². The van der Waals surface area contributed by atoms with Crippen molar-refractivity contribution in [2.24, 2.45) is 0 Å². The van der Waals surface area contributed by atoms with E-state index >= 15 is 0 Å². The van der Waals surface area contributed by atoms with E-state index in [2.05, 4.69) is 5.92 Å². The van der Waals surface area contributed by atoms with E-state index in [0.29, 0.717) is 19.3 Å². The molecule has 4 atom stereocenters. The fourth-order valence-electron chi connectivity index (χ4n) is 3.37. The second-order valence-corrected chi connectivity index (χ2v) is 6.21. The van der Waals surface area contributed by atoms with E-state index < -0.39 is 23.6 Å². The van der Waals surface area contributed by atoms with E-state index in [1.807, 2.05) is 0 Å². The van der Waals surface area contributed by atoms with Gasteiger partial charge >= 0.3 is 6.18 Å². The molecule has 2 bridgehead atoms. The molecule has 0 amide bonds. The van der Waals surface area contributed by atoms with Crippen molar-refractivity contribution >= 4 is 0 Å². The molecule has 1 aromatic rings. The summed E-state index contributed by atoms with van der Waals surface area (Å²) in [6.07, 6.45) is 2.90. The molecule has 3 rings (SSSR count). The zero-order valence-corrected chi connectivity index (χ0v) is 13.3. The second-order valence-electron chi connectivity index (χ2n) is 6.21. The minimum atomic E-state index is -4.32. The highest BCUT2D eigenvalue weighted by Gasteiger charge is 2.53. The maximum atomic E-state index is 12.6. The number of hydrogen-bond acceptors (Lipinski definition) is 3. The van der Waals surface area contributed by atoms with Crippen LogP contribution in [0.1, 0.15) is 30.4 Å². The van der Waals surface area contributed by atoms with Crippen molar-refractivity contribution in [1.82, 2.24) is 0 Å². The van der Waals surface area contributed by atoms with Crippen molar-refractivity contribution in [1.29, 1.82) is 0 Å². The highest BCUT2D eigenvalue weighted by molar-refractivity contribution is 5.25. The lowest BCUT2D eigenvalue weighted by molar-refractivity contribution is -0.215. The Morgan fingerprint density at radius 2 is 2.00 bits per heavy atom. The smallest absolute Gasteiger partial charge is 0.379 e. The summed E-state index contributed by atoms with van der Waals surface area (Å²) in [4.78, 5) is 0. The molecule has 6 heteroatoms. The van der Waals surface area contributed by atoms with Crippen molar-refractivity contribution in [3.05, 3.63) is 35.4 Å². The Labute approximate surface area is 139 Å². The number of halogens is 3. The molecule has 2 saturated heterocycles. The average Bonchev–Trinajstić information content (AvgIpc) is 2.86. The van der Waals surface area contributed by atoms with Crippen LogP contribution in [0.4, 0.5) is 13.2 Å². The third kappa shape index (κ3) is 3.30. The summed E-state index contributed by atoms with van der Waals surface area (Å²) in [6, 6.07) is 5.17. The minimum Gasteiger partial charge on any atom is -0.379 e. The Morgan fingerprint density at radius 3 is 2.58 bits per heavy atom. The fraction of sp³-hybridized carbons (Fsp3) is 0.556. The highest BCUT2D eigenvalue weighted by atomic mass is 19.4. The Kier molecular flexibility index (Phi) is 4.60. The highest BCUT2D eigenvalue weighted by Crippen LogP contribution is 2.43. The van der Waals surface area contributed by atoms with Gasteiger partial charge in [0.15, 0.2) is 5.79 Å². The molecule has 0 saturated carbocycles. The Morgan fingerprint density at radius 1 is 1.29 bits per heavy atom. The molecule has 2 aliphatic heterocycles. The summed E-state index contributed by atoms with van der Waals surface area (Å²) in [6.45, 7) is 0. The van der Waals surface area contributed by atoms with Crippen LogP contribution in [0, 0.1) is 12.3 Å². The molecule has 0 N–H and O–H groups in total. The molecule has 2 heterocycles. The third-order valence-corrected chi connectivity index (χ3v) is 4.71. The van der Waals surface area contributed by atoms with E-state index in [1.54, 1.807) is 7.11 Å². The van der Waals surface area contributed by atoms with E-state index in [1.165, 1.54) is 12.1 Å². The summed E-state index contributed by atoms with van der Waals surface area (Å²) in [5.74, 6) is 1.83. The van der Waals surface area contributed by atoms with Gasteiger partial charge < -0.3 is 14.2 Å². The molecule has 2 aliphatic rings. The van der Waals surface area contributed by atoms with Crippen LogP contribution in [0.5, 0.6) is 0 Å². The first-order valence-electron chi connectivity index (χ1n) is 7.87. The molecular weight excluding hydrogens is 321 g/mol. The first kappa shape index (κ1) is 17.3. The SMILES string of the molecule is C#C[C@@H]1O[C@@]2(CCc3ccc(C(F)(F)F)cc3)CCC(OC)[C@H]1O2. The molecule has 0 spiro atoms. The molecular formula is C18H19F3O3. The summed E-state index contributed by atoms with van der Waals surface area (Å²) in [5.41, 5.74) is 0.157. The summed E-state index contributed by atoms with van der Waals surface area (Å²) < 4.78 is 55.2. The van der Waals surface area contributed by atoms with E-state index in [9.17, 15) is 13.2 Å². The van der Waals surface area contributed by atoms with Gasteiger partial charge in [0.1, 0.15) is 12.2 Å². The monoisotopic (exact) mass is 340 g/mol. The third-order valence-electron chi connectivity index (χ3n) is 4.71. The number of fused-ring (bicyclic) bond motifs is 2. The Balaban J connectivity index is 1.66. The number of hydrogen-bond donors (Lipinski definition) is 0. The standard InChI is InChI=1S/C18H19F3O3/c1-3-14-16-15(22-2)9-11-17(23-14,24-16)10-8-12-4-6-13(7-5-12)18(19,20)21/h1,4-7,14-16H,8-11H2,2H3/t14-,15?,16-,17+/m0/s1. The molecule has 0 aliphatic carbocycles. The van der Waals surface area contributed by atoms with E-state index in [-0.39, 0.29) is 12.2 Å². The Bertz CT molecular complexity index is 620. The number of methoxy groups -OCH3 is 1. The predicted octanol–water partition coefficient (Wildman–Crippen LogP) is 3.56. The normalized spacial score (nSPS) is 32.5. The number of ether oxygens (including phenoxy) is 3. The van der Waals surface area contributed by atoms with Gasteiger partial charge in [0.2, 0.25) is 0 Å². The van der Waals surface area contributed by atoms with Crippen LogP contribution in [0.2, 0.25) is 0 Å². The summed E-state index contributed by atoms with van der Waals surface area (Å²) in [5, 5.41) is 0. The number of alkyl halides is 3. The molecule has 0 aromatic heterocycles. The number of benzene rings is 1. The number of terminal acetylenes is 1. The second kappa shape index (κ2) is 6.40. The molecule has 130 valence electrons. The van der Waals surface area contributed by atoms with Gasteiger partial charge in [0.05, 0.1) is 11.7 Å². The average molecular weight is 340 g/mol. The van der Waals surface area contributed by atoms with Crippen LogP contribution in [0.25, 0.3) is 0 Å². The van der Waals surface area contributed by atoms with Gasteiger partial charge in [-0.3, -0.25) is 0 Å². The molecule has 1 unspecified atom stereocenters. The van der Waals surface area contributed by atoms with Crippen LogP contribution in [0.3, 0.4) is 0 Å². The van der Waals surface area contributed by atoms with Gasteiger partial charge in [-0.05, 0) is 30.5 Å². The van der Waals surface area contributed by atoms with Crippen molar-refractivity contribution in [2.75, 3.05) is 7.11 Å². The van der Waals surface area contributed by atoms with Gasteiger partial charge in [-0.15, -0.1) is 6.42 Å². The van der Waals surface area contributed by atoms with Gasteiger partial charge in [-0.2, -0.15) is 13.2 Å². The van der Waals surface area contributed by atoms with Crippen molar-refractivity contribution in [2.45, 2.75) is 56.0 Å². The van der Waals surface area contributed by atoms with Crippen LogP contribution >= 0.6 is 0 Å². The number of rotatable bonds is 4. The van der Waals surface area contributed by atoms with E-state index in [0.717, 1.165) is 24.1 Å². The molecule has 0 radical (unpaired) electrons. The Hall–Kier alpha value is -1.55. The van der Waals surface area contributed by atoms with E-state index in [4.69, 9.17) is 20.6 Å². The molecule has 2 fully saturated rings. The number of aryl methyl sites for hydroxylation is 1. The van der Waals surface area contributed by atoms with Crippen LogP contribution in [-0.2, 0) is 26.8 Å². The topological polar surface area (TPSA) is 27.7 Å². The largest absolute Gasteiger partial charge is 0.416 e. The maximum absolute atomic E-state index is 12.6. The summed E-state index contributed by atoms with van der Waals surface area (Å²) >= 11 is 0. The first-order valence-corrected chi connectivity index (χ1v) is 7.87. The first-order chi connectivity index (χ1) is 11.4. The van der Waals surface area contributed by atoms with Gasteiger partial charge in [0.25, 0.3) is 0 Å². The van der Waals surface area contributed by atoms with Crippen LogP contribution in [0.15, 0.2) is 24.3 Å². The van der Waals surface area contributed by atoms with Crippen LogP contribution in [-0.4, -0.2) is 31.2 Å². The lowest BCUT2D eigenvalue weighted by atomic mass is 9.94. The van der Waals surface area contributed by atoms with Crippen molar-refractivity contribution in [3.8, 4) is 12.3 Å². The lowest BCUT2D eigenvalue weighted by Gasteiger charge is -2.35. The van der Waals surface area contributed by atoms with Gasteiger partial charge in [-0.25, -0.2) is 0 Å². The zero-order chi connectivity index (χ0) is 17.4. The van der Waals surface area contributed by atoms with Gasteiger partial charge in [0, 0.05) is 20.0 Å². The molecule has 3 nitrogen and oxygen atoms in total. The fourth-order valence-corrected chi connectivity index (χ4v) is 3.37. The maximum Gasteiger partial charge on any atom is 0.416 e. The summed E-state index contributed by atoms with van der Waals surface area (Å²) in [7, 11) is 1.62. The van der Waals surface area contributed by atoms with Gasteiger partial charge in [-0.1, -0.05) is 18.1 Å². The zero-order valence-electron chi connectivity index (χ0n) is 13.3. The lowest BCUT2D eigenvalue weighted by Crippen LogP contribution is -2.42. The molecule has 1 aromatic carbocycles. The quantitative estimate of drug-likeness (QED) is 0.785. The minimum absolute atomic E-state index is 0.0901.